The van der Waals surface area contributed by atoms with Gasteiger partial charge in [-0.25, -0.2) is 13.1 Å². The van der Waals surface area contributed by atoms with Crippen LogP contribution in [0.2, 0.25) is 0 Å². The number of benzene rings is 1. The molecule has 19 heavy (non-hydrogen) atoms. The molecule has 0 aromatic heterocycles. The number of sulfonamides is 1. The fourth-order valence-electron chi connectivity index (χ4n) is 2.27. The highest BCUT2D eigenvalue weighted by Crippen LogP contribution is 2.24. The first-order valence-corrected chi connectivity index (χ1v) is 8.10. The molecule has 0 radical (unpaired) electrons. The first-order valence-electron chi connectivity index (χ1n) is 6.55. The Labute approximate surface area is 114 Å². The lowest BCUT2D eigenvalue weighted by atomic mass is 10.3. The molecular formula is C13H20N2O3S. The van der Waals surface area contributed by atoms with Crippen molar-refractivity contribution in [3.63, 3.8) is 0 Å². The number of nitrogens with two attached hydrogens (primary N) is 1. The topological polar surface area (TPSA) is 81.4 Å². The van der Waals surface area contributed by atoms with E-state index in [-0.39, 0.29) is 18.4 Å². The molecule has 0 heterocycles. The van der Waals surface area contributed by atoms with Gasteiger partial charge in [-0.3, -0.25) is 0 Å². The summed E-state index contributed by atoms with van der Waals surface area (Å²) in [5.41, 5.74) is 6.28. The zero-order chi connectivity index (χ0) is 13.7. The number of hydrogen-bond donors (Lipinski definition) is 2. The van der Waals surface area contributed by atoms with E-state index in [1.165, 1.54) is 0 Å². The van der Waals surface area contributed by atoms with Gasteiger partial charge in [0.1, 0.15) is 12.4 Å². The van der Waals surface area contributed by atoms with Gasteiger partial charge in [0, 0.05) is 6.54 Å². The van der Waals surface area contributed by atoms with Crippen molar-refractivity contribution in [3.05, 3.63) is 24.3 Å². The van der Waals surface area contributed by atoms with Crippen LogP contribution in [-0.2, 0) is 10.0 Å². The van der Waals surface area contributed by atoms with Crippen LogP contribution in [0.4, 0.5) is 5.69 Å². The van der Waals surface area contributed by atoms with Crippen molar-refractivity contribution in [1.82, 2.24) is 4.72 Å². The van der Waals surface area contributed by atoms with Crippen LogP contribution in [0.15, 0.2) is 24.3 Å². The summed E-state index contributed by atoms with van der Waals surface area (Å²) in [5, 5.41) is -0.228. The number of ether oxygens (including phenoxy) is 1. The molecule has 0 saturated heterocycles. The second-order valence-electron chi connectivity index (χ2n) is 4.73. The van der Waals surface area contributed by atoms with Crippen molar-refractivity contribution >= 4 is 15.7 Å². The molecule has 1 aromatic carbocycles. The molecule has 6 heteroatoms. The van der Waals surface area contributed by atoms with Crippen molar-refractivity contribution in [2.45, 2.75) is 30.9 Å². The van der Waals surface area contributed by atoms with Gasteiger partial charge in [-0.05, 0) is 25.0 Å². The summed E-state index contributed by atoms with van der Waals surface area (Å²) in [6.45, 7) is 0.549. The fourth-order valence-corrected chi connectivity index (χ4v) is 3.83. The SMILES string of the molecule is Nc1ccccc1OCCNS(=O)(=O)C1CCCC1. The van der Waals surface area contributed by atoms with Gasteiger partial charge in [0.15, 0.2) is 0 Å². The fraction of sp³-hybridized carbons (Fsp3) is 0.538. The summed E-state index contributed by atoms with van der Waals surface area (Å²) in [6.07, 6.45) is 3.54. The van der Waals surface area contributed by atoms with E-state index in [0.717, 1.165) is 25.7 Å². The van der Waals surface area contributed by atoms with Crippen LogP contribution in [0, 0.1) is 0 Å². The number of rotatable bonds is 6. The Bertz CT molecular complexity index is 510. The molecule has 0 unspecified atom stereocenters. The van der Waals surface area contributed by atoms with Crippen LogP contribution >= 0.6 is 0 Å². The molecule has 1 aliphatic carbocycles. The second-order valence-corrected chi connectivity index (χ2v) is 6.78. The summed E-state index contributed by atoms with van der Waals surface area (Å²) in [7, 11) is -3.19. The number of nitrogens with one attached hydrogen (secondary N) is 1. The molecule has 1 fully saturated rings. The molecule has 2 rings (SSSR count). The average Bonchev–Trinajstić information content (AvgIpc) is 2.91. The molecule has 1 aliphatic rings. The van der Waals surface area contributed by atoms with E-state index in [0.29, 0.717) is 11.4 Å². The molecule has 0 atom stereocenters. The van der Waals surface area contributed by atoms with Gasteiger partial charge < -0.3 is 10.5 Å². The summed E-state index contributed by atoms with van der Waals surface area (Å²) < 4.78 is 31.9. The monoisotopic (exact) mass is 284 g/mol. The molecular weight excluding hydrogens is 264 g/mol. The van der Waals surface area contributed by atoms with Crippen LogP contribution in [0.3, 0.4) is 0 Å². The van der Waals surface area contributed by atoms with Crippen LogP contribution < -0.4 is 15.2 Å². The van der Waals surface area contributed by atoms with Crippen molar-refractivity contribution in [1.29, 1.82) is 0 Å². The quantitative estimate of drug-likeness (QED) is 0.613. The maximum absolute atomic E-state index is 11.9. The van der Waals surface area contributed by atoms with Crippen molar-refractivity contribution in [2.75, 3.05) is 18.9 Å². The van der Waals surface area contributed by atoms with Crippen molar-refractivity contribution in [3.8, 4) is 5.75 Å². The van der Waals surface area contributed by atoms with Gasteiger partial charge in [0.25, 0.3) is 0 Å². The highest BCUT2D eigenvalue weighted by Gasteiger charge is 2.27. The van der Waals surface area contributed by atoms with Crippen molar-refractivity contribution in [2.24, 2.45) is 0 Å². The smallest absolute Gasteiger partial charge is 0.214 e. The maximum atomic E-state index is 11.9. The van der Waals surface area contributed by atoms with E-state index in [9.17, 15) is 8.42 Å². The lowest BCUT2D eigenvalue weighted by Crippen LogP contribution is -2.35. The van der Waals surface area contributed by atoms with Gasteiger partial charge in [-0.1, -0.05) is 25.0 Å². The van der Waals surface area contributed by atoms with Crippen LogP contribution in [0.1, 0.15) is 25.7 Å². The minimum atomic E-state index is -3.19. The van der Waals surface area contributed by atoms with E-state index < -0.39 is 10.0 Å². The Morgan fingerprint density at radius 3 is 2.63 bits per heavy atom. The van der Waals surface area contributed by atoms with Gasteiger partial charge in [0.05, 0.1) is 10.9 Å². The molecule has 0 amide bonds. The first-order chi connectivity index (χ1) is 9.09. The third-order valence-electron chi connectivity index (χ3n) is 3.32. The summed E-state index contributed by atoms with van der Waals surface area (Å²) in [4.78, 5) is 0. The number of anilines is 1. The minimum absolute atomic E-state index is 0.228. The summed E-state index contributed by atoms with van der Waals surface area (Å²) >= 11 is 0. The van der Waals surface area contributed by atoms with Gasteiger partial charge in [0.2, 0.25) is 10.0 Å². The van der Waals surface area contributed by atoms with E-state index in [1.54, 1.807) is 12.1 Å². The highest BCUT2D eigenvalue weighted by molar-refractivity contribution is 7.90. The lowest BCUT2D eigenvalue weighted by molar-refractivity contribution is 0.324. The predicted octanol–water partition coefficient (Wildman–Crippen LogP) is 1.51. The standard InChI is InChI=1S/C13H20N2O3S/c14-12-7-3-4-8-13(12)18-10-9-15-19(16,17)11-5-1-2-6-11/h3-4,7-8,11,15H,1-2,5-6,9-10,14H2. The maximum Gasteiger partial charge on any atom is 0.214 e. The molecule has 1 aromatic rings. The Morgan fingerprint density at radius 2 is 1.95 bits per heavy atom. The third kappa shape index (κ3) is 3.84. The lowest BCUT2D eigenvalue weighted by Gasteiger charge is -2.13. The Balaban J connectivity index is 1.76. The van der Waals surface area contributed by atoms with Gasteiger partial charge >= 0.3 is 0 Å². The van der Waals surface area contributed by atoms with Crippen LogP contribution in [-0.4, -0.2) is 26.8 Å². The molecule has 3 N–H and O–H groups in total. The summed E-state index contributed by atoms with van der Waals surface area (Å²) in [6, 6.07) is 7.16. The van der Waals surface area contributed by atoms with Crippen LogP contribution in [0.25, 0.3) is 0 Å². The molecule has 106 valence electrons. The molecule has 5 nitrogen and oxygen atoms in total. The number of nitrogen functional groups attached to an aromatic ring is 1. The number of hydrogen-bond acceptors (Lipinski definition) is 4. The molecule has 0 spiro atoms. The zero-order valence-electron chi connectivity index (χ0n) is 10.8. The van der Waals surface area contributed by atoms with E-state index in [1.807, 2.05) is 12.1 Å². The highest BCUT2D eigenvalue weighted by atomic mass is 32.2. The van der Waals surface area contributed by atoms with Gasteiger partial charge in [-0.15, -0.1) is 0 Å². The van der Waals surface area contributed by atoms with E-state index in [4.69, 9.17) is 10.5 Å². The molecule has 0 aliphatic heterocycles. The average molecular weight is 284 g/mol. The van der Waals surface area contributed by atoms with E-state index in [2.05, 4.69) is 4.72 Å². The molecule has 0 bridgehead atoms. The van der Waals surface area contributed by atoms with Crippen LogP contribution in [0.5, 0.6) is 5.75 Å². The minimum Gasteiger partial charge on any atom is -0.490 e. The Kier molecular flexibility index (Phi) is 4.66. The largest absolute Gasteiger partial charge is 0.490 e. The second kappa shape index (κ2) is 6.25. The number of para-hydroxylation sites is 2. The van der Waals surface area contributed by atoms with Gasteiger partial charge in [-0.2, -0.15) is 0 Å². The Morgan fingerprint density at radius 1 is 1.26 bits per heavy atom. The normalized spacial score (nSPS) is 16.6. The first kappa shape index (κ1) is 14.1. The van der Waals surface area contributed by atoms with Crippen molar-refractivity contribution < 1.29 is 13.2 Å². The Hall–Kier alpha value is -1.27. The third-order valence-corrected chi connectivity index (χ3v) is 5.28. The summed E-state index contributed by atoms with van der Waals surface area (Å²) in [5.74, 6) is 0.586. The predicted molar refractivity (Wildman–Crippen MR) is 75.5 cm³/mol. The zero-order valence-corrected chi connectivity index (χ0v) is 11.7. The van der Waals surface area contributed by atoms with E-state index >= 15 is 0 Å². The molecule has 1 saturated carbocycles.